The van der Waals surface area contributed by atoms with Crippen LogP contribution in [0, 0.1) is 0 Å². The van der Waals surface area contributed by atoms with Crippen LogP contribution in [0.15, 0.2) is 73.6 Å². The Labute approximate surface area is 210 Å². The van der Waals surface area contributed by atoms with E-state index in [1.807, 2.05) is 48.7 Å². The minimum atomic E-state index is -0.247. The van der Waals surface area contributed by atoms with Gasteiger partial charge in [-0.2, -0.15) is 0 Å². The number of aromatic nitrogens is 3. The molecule has 0 spiro atoms. The topological polar surface area (TPSA) is 92.3 Å². The number of anilines is 4. The van der Waals surface area contributed by atoms with Crippen molar-refractivity contribution in [3.05, 3.63) is 79.1 Å². The molecular formula is C28H28N6O2. The third kappa shape index (κ3) is 5.04. The van der Waals surface area contributed by atoms with Gasteiger partial charge in [0.1, 0.15) is 5.82 Å². The van der Waals surface area contributed by atoms with Crippen molar-refractivity contribution in [2.45, 2.75) is 13.3 Å². The largest absolute Gasteiger partial charge is 0.378 e. The molecule has 2 aromatic carbocycles. The Kier molecular flexibility index (Phi) is 6.86. The van der Waals surface area contributed by atoms with Gasteiger partial charge >= 0.3 is 0 Å². The molecule has 0 unspecified atom stereocenters. The van der Waals surface area contributed by atoms with Crippen LogP contribution in [-0.2, 0) is 16.0 Å². The van der Waals surface area contributed by atoms with E-state index in [1.165, 1.54) is 6.08 Å². The van der Waals surface area contributed by atoms with Crippen LogP contribution in [-0.4, -0.2) is 47.2 Å². The number of fused-ring (bicyclic) bond motifs is 1. The van der Waals surface area contributed by atoms with Gasteiger partial charge in [0.2, 0.25) is 11.9 Å². The van der Waals surface area contributed by atoms with E-state index in [0.717, 1.165) is 71.8 Å². The van der Waals surface area contributed by atoms with E-state index in [4.69, 9.17) is 9.72 Å². The summed E-state index contributed by atoms with van der Waals surface area (Å²) in [7, 11) is 0. The fourth-order valence-corrected chi connectivity index (χ4v) is 4.33. The molecule has 4 aromatic rings. The van der Waals surface area contributed by atoms with Crippen LogP contribution in [0.1, 0.15) is 12.5 Å². The molecule has 8 heteroatoms. The van der Waals surface area contributed by atoms with Crippen molar-refractivity contribution in [3.63, 3.8) is 0 Å². The van der Waals surface area contributed by atoms with E-state index in [2.05, 4.69) is 45.1 Å². The molecule has 8 nitrogen and oxygen atoms in total. The summed E-state index contributed by atoms with van der Waals surface area (Å²) in [4.78, 5) is 28.1. The minimum absolute atomic E-state index is 0.247. The number of hydrogen-bond donors (Lipinski definition) is 2. The molecule has 0 atom stereocenters. The van der Waals surface area contributed by atoms with Crippen LogP contribution in [0.25, 0.3) is 22.0 Å². The Balaban J connectivity index is 1.47. The third-order valence-electron chi connectivity index (χ3n) is 6.16. The predicted molar refractivity (Wildman–Crippen MR) is 144 cm³/mol. The highest BCUT2D eigenvalue weighted by molar-refractivity contribution is 6.00. The molecule has 182 valence electrons. The molecule has 1 fully saturated rings. The van der Waals surface area contributed by atoms with Crippen LogP contribution < -0.4 is 15.5 Å². The molecule has 2 aromatic heterocycles. The maximum atomic E-state index is 11.8. The maximum Gasteiger partial charge on any atom is 0.247 e. The smallest absolute Gasteiger partial charge is 0.247 e. The van der Waals surface area contributed by atoms with E-state index in [0.29, 0.717) is 11.6 Å². The summed E-state index contributed by atoms with van der Waals surface area (Å²) < 4.78 is 5.42. The second-order valence-electron chi connectivity index (χ2n) is 8.49. The average molecular weight is 481 g/mol. The van der Waals surface area contributed by atoms with Gasteiger partial charge in [0.25, 0.3) is 0 Å². The van der Waals surface area contributed by atoms with E-state index < -0.39 is 0 Å². The number of nitrogens with zero attached hydrogens (tertiary/aromatic N) is 4. The molecule has 1 aliphatic heterocycles. The van der Waals surface area contributed by atoms with E-state index in [9.17, 15) is 4.79 Å². The van der Waals surface area contributed by atoms with E-state index in [1.54, 1.807) is 6.20 Å². The second kappa shape index (κ2) is 10.5. The molecule has 2 N–H and O–H groups in total. The first-order valence-electron chi connectivity index (χ1n) is 12.0. The highest BCUT2D eigenvalue weighted by Crippen LogP contribution is 2.33. The minimum Gasteiger partial charge on any atom is -0.378 e. The fourth-order valence-electron chi connectivity index (χ4n) is 4.33. The van der Waals surface area contributed by atoms with Crippen molar-refractivity contribution in [1.82, 2.24) is 15.0 Å². The van der Waals surface area contributed by atoms with Crippen LogP contribution in [0.3, 0.4) is 0 Å². The zero-order valence-corrected chi connectivity index (χ0v) is 20.2. The number of morpholine rings is 1. The number of rotatable bonds is 7. The molecule has 0 saturated carbocycles. The van der Waals surface area contributed by atoms with Crippen molar-refractivity contribution in [3.8, 4) is 11.1 Å². The van der Waals surface area contributed by atoms with Gasteiger partial charge in [-0.3, -0.25) is 4.79 Å². The average Bonchev–Trinajstić information content (AvgIpc) is 2.93. The maximum absolute atomic E-state index is 11.8. The lowest BCUT2D eigenvalue weighted by Gasteiger charge is -2.27. The van der Waals surface area contributed by atoms with Gasteiger partial charge in [0.05, 0.1) is 30.6 Å². The van der Waals surface area contributed by atoms with Crippen molar-refractivity contribution in [2.24, 2.45) is 0 Å². The van der Waals surface area contributed by atoms with Gasteiger partial charge in [0.15, 0.2) is 0 Å². The first-order valence-corrected chi connectivity index (χ1v) is 12.0. The summed E-state index contributed by atoms with van der Waals surface area (Å²) in [5.74, 6) is 1.18. The Morgan fingerprint density at radius 3 is 2.69 bits per heavy atom. The Hall–Kier alpha value is -4.30. The van der Waals surface area contributed by atoms with Crippen molar-refractivity contribution in [1.29, 1.82) is 0 Å². The highest BCUT2D eigenvalue weighted by atomic mass is 16.5. The quantitative estimate of drug-likeness (QED) is 0.361. The summed E-state index contributed by atoms with van der Waals surface area (Å²) in [6, 6.07) is 15.9. The number of pyridine rings is 1. The Morgan fingerprint density at radius 1 is 1.08 bits per heavy atom. The molecule has 36 heavy (non-hydrogen) atoms. The lowest BCUT2D eigenvalue weighted by atomic mass is 9.95. The third-order valence-corrected chi connectivity index (χ3v) is 6.16. The molecule has 5 rings (SSSR count). The van der Waals surface area contributed by atoms with Gasteiger partial charge in [-0.05, 0) is 47.9 Å². The Morgan fingerprint density at radius 2 is 1.94 bits per heavy atom. The monoisotopic (exact) mass is 480 g/mol. The zero-order chi connectivity index (χ0) is 24.9. The molecule has 0 bridgehead atoms. The van der Waals surface area contributed by atoms with Crippen LogP contribution in [0.5, 0.6) is 0 Å². The summed E-state index contributed by atoms with van der Waals surface area (Å²) in [6.07, 6.45) is 5.73. The molecule has 0 radical (unpaired) electrons. The lowest BCUT2D eigenvalue weighted by molar-refractivity contribution is -0.111. The molecule has 1 saturated heterocycles. The van der Waals surface area contributed by atoms with E-state index >= 15 is 0 Å². The summed E-state index contributed by atoms with van der Waals surface area (Å²) in [5, 5.41) is 7.07. The number of benzene rings is 2. The molecule has 0 aliphatic carbocycles. The fraction of sp³-hybridized carbons (Fsp3) is 0.214. The van der Waals surface area contributed by atoms with Gasteiger partial charge in [-0.25, -0.2) is 15.0 Å². The highest BCUT2D eigenvalue weighted by Gasteiger charge is 2.14. The number of ether oxygens (including phenoxy) is 1. The molecule has 3 heterocycles. The van der Waals surface area contributed by atoms with Crippen molar-refractivity contribution >= 4 is 40.0 Å². The number of nitrogens with one attached hydrogen (secondary N) is 2. The SMILES string of the molecule is C=CC(=O)Nc1cccc(-c2c(CC)ccc3cnc(Nc4ccc(N5CCOCC5)nc4)nc23)c1. The molecule has 1 aliphatic rings. The lowest BCUT2D eigenvalue weighted by Crippen LogP contribution is -2.36. The van der Waals surface area contributed by atoms with Crippen LogP contribution in [0.4, 0.5) is 23.1 Å². The van der Waals surface area contributed by atoms with Crippen molar-refractivity contribution in [2.75, 3.05) is 41.8 Å². The molecular weight excluding hydrogens is 452 g/mol. The van der Waals surface area contributed by atoms with E-state index in [-0.39, 0.29) is 5.91 Å². The van der Waals surface area contributed by atoms with Crippen molar-refractivity contribution < 1.29 is 9.53 Å². The first kappa shape index (κ1) is 23.4. The first-order chi connectivity index (χ1) is 17.6. The zero-order valence-electron chi connectivity index (χ0n) is 20.2. The summed E-state index contributed by atoms with van der Waals surface area (Å²) in [5.41, 5.74) is 5.52. The second-order valence-corrected chi connectivity index (χ2v) is 8.49. The van der Waals surface area contributed by atoms with Gasteiger partial charge < -0.3 is 20.3 Å². The molecule has 1 amide bonds. The number of amides is 1. The number of hydrogen-bond acceptors (Lipinski definition) is 7. The summed E-state index contributed by atoms with van der Waals surface area (Å²) >= 11 is 0. The van der Waals surface area contributed by atoms with Crippen LogP contribution in [0.2, 0.25) is 0 Å². The van der Waals surface area contributed by atoms with Crippen LogP contribution >= 0.6 is 0 Å². The standard InChI is InChI=1S/C28H28N6O2/c1-3-19-8-9-21-17-30-28(32-23-10-11-24(29-18-23)34-12-14-36-15-13-34)33-27(21)26(19)20-6-5-7-22(16-20)31-25(35)4-2/h4-11,16-18H,2-3,12-15H2,1H3,(H,31,35)(H,30,32,33). The number of aryl methyl sites for hydroxylation is 1. The number of carbonyl (C=O) groups excluding carboxylic acids is 1. The Bertz CT molecular complexity index is 1400. The number of carbonyl (C=O) groups is 1. The van der Waals surface area contributed by atoms with Gasteiger partial charge in [-0.1, -0.05) is 37.8 Å². The summed E-state index contributed by atoms with van der Waals surface area (Å²) in [6.45, 7) is 8.78. The normalized spacial score (nSPS) is 13.4. The van der Waals surface area contributed by atoms with Gasteiger partial charge in [0, 0.05) is 35.9 Å². The predicted octanol–water partition coefficient (Wildman–Crippen LogP) is 4.96. The van der Waals surface area contributed by atoms with Gasteiger partial charge in [-0.15, -0.1) is 0 Å².